The van der Waals surface area contributed by atoms with Crippen molar-refractivity contribution in [3.63, 3.8) is 0 Å². The molecule has 0 aliphatic rings. The summed E-state index contributed by atoms with van der Waals surface area (Å²) >= 11 is 0. The zero-order valence-corrected chi connectivity index (χ0v) is 90.7. The van der Waals surface area contributed by atoms with E-state index >= 15 is 0 Å². The average molecular weight is 2050 g/mol. The van der Waals surface area contributed by atoms with Crippen LogP contribution in [0.2, 0.25) is 0 Å². The van der Waals surface area contributed by atoms with Crippen molar-refractivity contribution in [3.05, 3.63) is 241 Å². The molecule has 10 rings (SSSR count). The van der Waals surface area contributed by atoms with Gasteiger partial charge < -0.3 is 95.2 Å². The Hall–Kier alpha value is -14.7. The first-order valence-electron chi connectivity index (χ1n) is 48.2. The predicted molar refractivity (Wildman–Crippen MR) is 578 cm³/mol. The number of nitrogens with zero attached hydrogens (tertiary/aromatic N) is 2. The molecule has 0 aliphatic heterocycles. The van der Waals surface area contributed by atoms with E-state index < -0.39 is 116 Å². The van der Waals surface area contributed by atoms with E-state index in [0.717, 1.165) is 66.8 Å². The third-order valence-corrected chi connectivity index (χ3v) is 21.5. The molecular weight excluding hydrogens is 1890 g/mol. The van der Waals surface area contributed by atoms with Gasteiger partial charge >= 0.3 is 66.2 Å². The molecule has 4 amide bonds. The zero-order chi connectivity index (χ0) is 111. The standard InChI is InChI=1S/C27H38N2O6.C26H36N2O6.C19H24N2O3.C18H22N2O3.C17H22N2O2.C4H6O3.C2H6O.CH4/c1-25(2,3)34-23(31)28-19(14-15-27(7,8)22(30)33-9)16-18-17-29(24(32)35-26(4,5)6)21-13-11-10-12-20(18)21;1-24(2,3)33-22(31)27-18(13-14-26(7,8)21(29)30)15-17-16-28(23(32)34-25(4,5)6)20-12-10-9-11-19(17)20;1-13(22)21-15(9-10-19(2,3)18(23)24-4)11-14-12-20-17-8-6-5-7-16(14)17;1-12(21)20-14(8-9-18(2,3)17(22)23)10-13-11-19-16-7-5-4-6-15(13)16;1-17(2,16(20)21-3)9-8-13(18)10-12-11-19-15-7-5-4-6-14(12)15;1-3(5)7-4(2)6;1-2-3;/h10-15,17,19H,16H2,1-9H3,(H,28,31);9-14,16,18H,15H2,1-8H3,(H,27,31)(H,29,30);5-10,12,15,20H,11H2,1-4H3,(H,21,22);4-9,11,14,19H,10H2,1-3H3,(H,20,21)(H,22,23);4-9,11,13,19H,10,18H2,1-3H3;1-2H3;3H,2H2,1H3;1H4/b15-14+;14-13+;10-9+;2*9-8+;;;. The molecule has 5 aromatic carbocycles. The SMILES string of the molecule is C.CC(=O)NC(/C=C/C(C)(C)C(=O)O)Cc1c[nH]c2ccccc12.CC(=O)OC(C)=O.CC(C)(C)OC(=O)NC(/C=C/C(C)(C)C(=O)O)Cc1cn(C(=O)OC(C)(C)C)c2ccccc12.CCO.COC(=O)C(C)(C)/C=C/C(Cc1c[nH]c2ccccc12)NC(C)=O.COC(=O)C(C)(C)/C=C/C(Cc1cn(C(=O)OC(C)(C)C)c2ccccc12)NC(=O)OC(C)(C)C.COC(=O)C(C)(C)/C=C/C(N)Cc1c[nH]c2ccccc12. The quantitative estimate of drug-likeness (QED) is 0.00897. The summed E-state index contributed by atoms with van der Waals surface area (Å²) in [6.45, 7) is 45.8. The maximum atomic E-state index is 12.9. The molecule has 808 valence electrons. The number of para-hydroxylation sites is 5. The summed E-state index contributed by atoms with van der Waals surface area (Å²) in [5, 5.41) is 42.8. The molecule has 0 aliphatic carbocycles. The van der Waals surface area contributed by atoms with E-state index in [9.17, 15) is 72.5 Å². The van der Waals surface area contributed by atoms with Gasteiger partial charge in [0.25, 0.3) is 0 Å². The molecule has 34 heteroatoms. The van der Waals surface area contributed by atoms with E-state index in [1.807, 2.05) is 187 Å². The Morgan fingerprint density at radius 2 is 0.595 bits per heavy atom. The minimum Gasteiger partial charge on any atom is -0.481 e. The summed E-state index contributed by atoms with van der Waals surface area (Å²) in [6.07, 6.45) is 27.1. The van der Waals surface area contributed by atoms with Crippen LogP contribution in [0.25, 0.3) is 54.5 Å². The maximum absolute atomic E-state index is 12.9. The van der Waals surface area contributed by atoms with Gasteiger partial charge in [-0.1, -0.05) is 159 Å². The molecular formula is C114H158N10O24. The van der Waals surface area contributed by atoms with Crippen molar-refractivity contribution in [3.8, 4) is 0 Å². The number of methoxy groups -OCH3 is 3. The van der Waals surface area contributed by atoms with Crippen LogP contribution in [0.3, 0.4) is 0 Å². The van der Waals surface area contributed by atoms with Gasteiger partial charge in [-0.05, 0) is 249 Å². The van der Waals surface area contributed by atoms with Gasteiger partial charge in [0.1, 0.15) is 22.4 Å². The molecule has 0 saturated heterocycles. The number of carboxylic acid groups (broad SMARTS) is 2. The van der Waals surface area contributed by atoms with E-state index in [1.165, 1.54) is 69.1 Å². The number of aromatic amines is 3. The first-order valence-corrected chi connectivity index (χ1v) is 48.2. The Morgan fingerprint density at radius 3 is 0.851 bits per heavy atom. The molecule has 5 aromatic heterocycles. The molecule has 5 atom stereocenters. The number of carboxylic acids is 2. The van der Waals surface area contributed by atoms with Gasteiger partial charge in [0.05, 0.1) is 83.6 Å². The number of carbonyl (C=O) groups is 13. The fourth-order valence-corrected chi connectivity index (χ4v) is 14.2. The highest BCUT2D eigenvalue weighted by Gasteiger charge is 2.33. The van der Waals surface area contributed by atoms with E-state index in [-0.39, 0.29) is 55.9 Å². The van der Waals surface area contributed by atoms with E-state index in [4.69, 9.17) is 44.0 Å². The molecule has 12 N–H and O–H groups in total. The lowest BCUT2D eigenvalue weighted by molar-refractivity contribution is -0.156. The number of nitrogens with two attached hydrogens (primary N) is 1. The van der Waals surface area contributed by atoms with Gasteiger partial charge in [0.15, 0.2) is 0 Å². The Bertz CT molecular complexity index is 6280. The van der Waals surface area contributed by atoms with E-state index in [2.05, 4.69) is 47.0 Å². The highest BCUT2D eigenvalue weighted by atomic mass is 16.6. The minimum absolute atomic E-state index is 0. The number of benzene rings is 5. The number of ether oxygens (including phenoxy) is 8. The number of aromatic nitrogens is 5. The monoisotopic (exact) mass is 2050 g/mol. The number of aliphatic carboxylic acids is 2. The fraction of sp³-hybridized carbons (Fsp3) is 0.447. The second-order valence-electron chi connectivity index (χ2n) is 41.8. The first kappa shape index (κ1) is 127. The minimum atomic E-state index is -1.13. The van der Waals surface area contributed by atoms with Crippen LogP contribution in [0.15, 0.2) is 213 Å². The normalized spacial score (nSPS) is 13.0. The number of alkyl carbamates (subject to hydrolysis) is 2. The smallest absolute Gasteiger partial charge is 0.419 e. The molecule has 0 saturated carbocycles. The predicted octanol–water partition coefficient (Wildman–Crippen LogP) is 20.5. The Balaban J connectivity index is 0.000000468. The van der Waals surface area contributed by atoms with Crippen molar-refractivity contribution in [2.75, 3.05) is 27.9 Å². The van der Waals surface area contributed by atoms with Crippen LogP contribution in [0, 0.1) is 27.1 Å². The number of amides is 4. The van der Waals surface area contributed by atoms with Crippen molar-refractivity contribution in [1.82, 2.24) is 45.4 Å². The van der Waals surface area contributed by atoms with Gasteiger partial charge in [-0.2, -0.15) is 0 Å². The Morgan fingerprint density at radius 1 is 0.351 bits per heavy atom. The summed E-state index contributed by atoms with van der Waals surface area (Å²) in [4.78, 5) is 161. The Kier molecular flexibility index (Phi) is 49.0. The number of fused-ring (bicyclic) bond motifs is 5. The van der Waals surface area contributed by atoms with Crippen molar-refractivity contribution >= 4 is 132 Å². The van der Waals surface area contributed by atoms with Crippen molar-refractivity contribution in [2.45, 2.75) is 279 Å². The molecule has 0 spiro atoms. The fourth-order valence-electron chi connectivity index (χ4n) is 14.2. The van der Waals surface area contributed by atoms with Crippen molar-refractivity contribution in [2.24, 2.45) is 32.8 Å². The largest absolute Gasteiger partial charge is 0.481 e. The molecule has 34 nitrogen and oxygen atoms in total. The van der Waals surface area contributed by atoms with Gasteiger partial charge in [-0.25, -0.2) is 19.2 Å². The second-order valence-corrected chi connectivity index (χ2v) is 41.8. The van der Waals surface area contributed by atoms with Gasteiger partial charge in [-0.15, -0.1) is 0 Å². The number of carbonyl (C=O) groups excluding carboxylic acids is 11. The summed E-state index contributed by atoms with van der Waals surface area (Å²) < 4.78 is 43.3. The lowest BCUT2D eigenvalue weighted by Crippen LogP contribution is -2.39. The highest BCUT2D eigenvalue weighted by Crippen LogP contribution is 2.32. The van der Waals surface area contributed by atoms with Gasteiger partial charge in [0.2, 0.25) is 11.8 Å². The van der Waals surface area contributed by atoms with Crippen LogP contribution in [-0.4, -0.2) is 198 Å². The topological polar surface area (TPSA) is 488 Å². The molecule has 0 fully saturated rings. The number of hydrogen-bond donors (Lipinski definition) is 11. The third kappa shape index (κ3) is 43.9. The number of H-pyrrole nitrogens is 3. The molecule has 148 heavy (non-hydrogen) atoms. The summed E-state index contributed by atoms with van der Waals surface area (Å²) in [5.41, 5.74) is 8.67. The van der Waals surface area contributed by atoms with Crippen LogP contribution >= 0.6 is 0 Å². The summed E-state index contributed by atoms with van der Waals surface area (Å²) in [6, 6.07) is 37.3. The van der Waals surface area contributed by atoms with Crippen LogP contribution in [0.5, 0.6) is 0 Å². The Labute approximate surface area is 869 Å². The zero-order valence-electron chi connectivity index (χ0n) is 90.7. The van der Waals surface area contributed by atoms with Crippen LogP contribution < -0.4 is 27.0 Å². The molecule has 0 bridgehead atoms. The summed E-state index contributed by atoms with van der Waals surface area (Å²) in [7, 11) is 4.10. The lowest BCUT2D eigenvalue weighted by atomic mass is 9.91. The second kappa shape index (κ2) is 56.9. The van der Waals surface area contributed by atoms with Gasteiger partial charge in [-0.3, -0.25) is 52.3 Å². The van der Waals surface area contributed by atoms with Crippen LogP contribution in [-0.2, 0) is 113 Å². The van der Waals surface area contributed by atoms with E-state index in [1.54, 1.807) is 180 Å². The van der Waals surface area contributed by atoms with Crippen LogP contribution in [0.1, 0.15) is 222 Å². The number of hydrogen-bond acceptors (Lipinski definition) is 23. The van der Waals surface area contributed by atoms with Crippen molar-refractivity contribution in [1.29, 1.82) is 0 Å². The molecule has 0 radical (unpaired) electrons. The summed E-state index contributed by atoms with van der Waals surface area (Å²) in [5.74, 6) is -4.24. The van der Waals surface area contributed by atoms with Gasteiger partial charge in [0, 0.05) is 115 Å². The number of aliphatic hydroxyl groups excluding tert-OH is 1. The first-order chi connectivity index (χ1) is 68.1. The number of esters is 5. The number of aliphatic hydroxyl groups is 1. The molecule has 10 aromatic rings. The number of rotatable bonds is 29. The van der Waals surface area contributed by atoms with Crippen LogP contribution in [0.4, 0.5) is 19.2 Å². The molecule has 5 unspecified atom stereocenters. The average Bonchev–Trinajstić information content (AvgIpc) is 1.64. The van der Waals surface area contributed by atoms with E-state index in [0.29, 0.717) is 36.7 Å². The maximum Gasteiger partial charge on any atom is 0.419 e. The third-order valence-electron chi connectivity index (χ3n) is 21.5. The highest BCUT2D eigenvalue weighted by molar-refractivity contribution is 5.94. The number of nitrogens with one attached hydrogen (secondary N) is 7. The molecule has 5 heterocycles. The van der Waals surface area contributed by atoms with Crippen molar-refractivity contribution < 1.29 is 116 Å². The lowest BCUT2D eigenvalue weighted by Gasteiger charge is -2.23.